The first-order chi connectivity index (χ1) is 11.1. The van der Waals surface area contributed by atoms with E-state index < -0.39 is 0 Å². The normalized spacial score (nSPS) is 35.8. The number of imide groups is 1. The van der Waals surface area contributed by atoms with Crippen molar-refractivity contribution in [3.8, 4) is 0 Å². The zero-order valence-corrected chi connectivity index (χ0v) is 13.9. The maximum absolute atomic E-state index is 12.7. The van der Waals surface area contributed by atoms with E-state index in [4.69, 9.17) is 0 Å². The summed E-state index contributed by atoms with van der Waals surface area (Å²) in [5.74, 6) is -0.0826. The molecule has 2 amide bonds. The molecular formula is C18H15BrN2O2. The van der Waals surface area contributed by atoms with Crippen molar-refractivity contribution in [1.29, 1.82) is 0 Å². The molecule has 4 nitrogen and oxygen atoms in total. The van der Waals surface area contributed by atoms with Crippen LogP contribution in [0.2, 0.25) is 0 Å². The summed E-state index contributed by atoms with van der Waals surface area (Å²) in [7, 11) is 0. The number of fused-ring (bicyclic) bond motifs is 3. The lowest BCUT2D eigenvalue weighted by Crippen LogP contribution is -2.30. The summed E-state index contributed by atoms with van der Waals surface area (Å²) in [4.78, 5) is 25.5. The van der Waals surface area contributed by atoms with Gasteiger partial charge in [-0.2, -0.15) is 10.1 Å². The van der Waals surface area contributed by atoms with Gasteiger partial charge in [0.2, 0.25) is 0 Å². The summed E-state index contributed by atoms with van der Waals surface area (Å²) in [6, 6.07) is 7.60. The molecule has 1 heterocycles. The van der Waals surface area contributed by atoms with Gasteiger partial charge >= 0.3 is 0 Å². The number of carbonyl (C=O) groups is 2. The molecule has 2 saturated carbocycles. The third kappa shape index (κ3) is 1.69. The Labute approximate surface area is 142 Å². The summed E-state index contributed by atoms with van der Waals surface area (Å²) in [5, 5.41) is 5.31. The topological polar surface area (TPSA) is 49.7 Å². The predicted molar refractivity (Wildman–Crippen MR) is 88.4 cm³/mol. The van der Waals surface area contributed by atoms with Gasteiger partial charge in [-0.25, -0.2) is 0 Å². The number of amides is 2. The summed E-state index contributed by atoms with van der Waals surface area (Å²) in [6.07, 6.45) is 8.25. The van der Waals surface area contributed by atoms with Gasteiger partial charge in [0.15, 0.2) is 0 Å². The van der Waals surface area contributed by atoms with Gasteiger partial charge < -0.3 is 0 Å². The van der Waals surface area contributed by atoms with E-state index in [1.165, 1.54) is 0 Å². The number of hydrogen-bond acceptors (Lipinski definition) is 3. The number of carbonyl (C=O) groups excluding carboxylic acids is 2. The van der Waals surface area contributed by atoms with Gasteiger partial charge in [0, 0.05) is 4.47 Å². The number of hydrogen-bond donors (Lipinski definition) is 0. The van der Waals surface area contributed by atoms with Crippen molar-refractivity contribution < 1.29 is 9.59 Å². The van der Waals surface area contributed by atoms with Crippen LogP contribution in [-0.4, -0.2) is 23.0 Å². The van der Waals surface area contributed by atoms with Gasteiger partial charge in [0.25, 0.3) is 11.8 Å². The maximum atomic E-state index is 12.7. The van der Waals surface area contributed by atoms with E-state index in [1.807, 2.05) is 24.3 Å². The van der Waals surface area contributed by atoms with Gasteiger partial charge in [-0.3, -0.25) is 9.59 Å². The van der Waals surface area contributed by atoms with Gasteiger partial charge in [-0.1, -0.05) is 40.2 Å². The first kappa shape index (κ1) is 13.7. The third-order valence-electron chi connectivity index (χ3n) is 6.02. The minimum Gasteiger partial charge on any atom is -0.272 e. The molecule has 0 aromatic heterocycles. The summed E-state index contributed by atoms with van der Waals surface area (Å²) in [5.41, 5.74) is 1.10. The molecule has 1 aromatic rings. The molecule has 0 N–H and O–H groups in total. The lowest BCUT2D eigenvalue weighted by atomic mass is 9.85. The van der Waals surface area contributed by atoms with E-state index in [2.05, 4.69) is 33.2 Å². The molecule has 23 heavy (non-hydrogen) atoms. The average molecular weight is 371 g/mol. The van der Waals surface area contributed by atoms with Crippen LogP contribution in [-0.2, 0) is 9.59 Å². The van der Waals surface area contributed by atoms with Crippen LogP contribution in [0.15, 0.2) is 46.0 Å². The highest BCUT2D eigenvalue weighted by atomic mass is 79.9. The van der Waals surface area contributed by atoms with Crippen LogP contribution in [0.1, 0.15) is 18.4 Å². The highest BCUT2D eigenvalue weighted by molar-refractivity contribution is 9.10. The van der Waals surface area contributed by atoms with Gasteiger partial charge in [0.05, 0.1) is 18.1 Å². The summed E-state index contributed by atoms with van der Waals surface area (Å²) >= 11 is 3.38. The average Bonchev–Trinajstić information content (AvgIpc) is 3.15. The fraction of sp³-hybridized carbons (Fsp3) is 0.389. The maximum Gasteiger partial charge on any atom is 0.254 e. The first-order valence-electron chi connectivity index (χ1n) is 7.97. The Bertz CT molecular complexity index is 745. The molecule has 3 fully saturated rings. The van der Waals surface area contributed by atoms with E-state index in [9.17, 15) is 9.59 Å². The number of benzene rings is 1. The minimum atomic E-state index is -0.179. The second kappa shape index (κ2) is 4.41. The second-order valence-corrected chi connectivity index (χ2v) is 7.92. The molecule has 0 unspecified atom stereocenters. The largest absolute Gasteiger partial charge is 0.272 e. The van der Waals surface area contributed by atoms with Crippen LogP contribution in [0.5, 0.6) is 0 Å². The van der Waals surface area contributed by atoms with Crippen LogP contribution in [0.3, 0.4) is 0 Å². The zero-order chi connectivity index (χ0) is 15.8. The standard InChI is InChI=1S/C18H15BrN2O2/c19-11-3-1-10(2-4-11)9-20-21-16(22)14-12-5-6-13(15(14)17(21)23)18(12)7-8-18/h1-6,9,12-15H,7-8H2/b20-9-/t12-,13-,14-,15+/m1/s1. The Kier molecular flexibility index (Phi) is 2.62. The number of hydrazone groups is 1. The number of rotatable bonds is 2. The molecule has 4 atom stereocenters. The molecule has 3 aliphatic carbocycles. The van der Waals surface area contributed by atoms with Crippen molar-refractivity contribution in [2.75, 3.05) is 0 Å². The smallest absolute Gasteiger partial charge is 0.254 e. The molecular weight excluding hydrogens is 356 g/mol. The van der Waals surface area contributed by atoms with E-state index >= 15 is 0 Å². The van der Waals surface area contributed by atoms with Crippen LogP contribution >= 0.6 is 15.9 Å². The van der Waals surface area contributed by atoms with Crippen molar-refractivity contribution in [3.63, 3.8) is 0 Å². The fourth-order valence-corrected chi connectivity index (χ4v) is 5.11. The van der Waals surface area contributed by atoms with E-state index in [0.29, 0.717) is 0 Å². The SMILES string of the molecule is O=C1[C@@H]2[C@H](C(=O)N1/N=C\c1ccc(Br)cc1)[C@H]1C=C[C@H]2C12CC2. The predicted octanol–water partition coefficient (Wildman–Crippen LogP) is 2.98. The van der Waals surface area contributed by atoms with Crippen LogP contribution < -0.4 is 0 Å². The quantitative estimate of drug-likeness (QED) is 0.456. The van der Waals surface area contributed by atoms with E-state index in [-0.39, 0.29) is 40.9 Å². The zero-order valence-electron chi connectivity index (χ0n) is 12.4. The molecule has 0 radical (unpaired) electrons. The fourth-order valence-electron chi connectivity index (χ4n) is 4.85. The molecule has 1 spiro atoms. The van der Waals surface area contributed by atoms with Gasteiger partial charge in [0.1, 0.15) is 0 Å². The molecule has 116 valence electrons. The highest BCUT2D eigenvalue weighted by Crippen LogP contribution is 2.73. The van der Waals surface area contributed by atoms with Crippen molar-refractivity contribution in [3.05, 3.63) is 46.5 Å². The van der Waals surface area contributed by atoms with Crippen molar-refractivity contribution in [2.45, 2.75) is 12.8 Å². The lowest BCUT2D eigenvalue weighted by Gasteiger charge is -2.18. The first-order valence-corrected chi connectivity index (χ1v) is 8.77. The van der Waals surface area contributed by atoms with Crippen molar-refractivity contribution in [1.82, 2.24) is 5.01 Å². The summed E-state index contributed by atoms with van der Waals surface area (Å²) < 4.78 is 0.981. The van der Waals surface area contributed by atoms with Crippen LogP contribution in [0.4, 0.5) is 0 Å². The molecule has 4 aliphatic rings. The number of halogens is 1. The third-order valence-corrected chi connectivity index (χ3v) is 6.55. The second-order valence-electron chi connectivity index (χ2n) is 7.01. The number of nitrogens with zero attached hydrogens (tertiary/aromatic N) is 2. The lowest BCUT2D eigenvalue weighted by molar-refractivity contribution is -0.141. The van der Waals surface area contributed by atoms with Crippen LogP contribution in [0.25, 0.3) is 0 Å². The van der Waals surface area contributed by atoms with Gasteiger partial charge in [-0.05, 0) is 47.8 Å². The Morgan fingerprint density at radius 2 is 1.61 bits per heavy atom. The van der Waals surface area contributed by atoms with E-state index in [0.717, 1.165) is 27.9 Å². The molecule has 1 aliphatic heterocycles. The Morgan fingerprint density at radius 3 is 2.13 bits per heavy atom. The van der Waals surface area contributed by atoms with Crippen LogP contribution in [0, 0.1) is 29.1 Å². The molecule has 1 aromatic carbocycles. The Hall–Kier alpha value is -1.75. The molecule has 5 rings (SSSR count). The van der Waals surface area contributed by atoms with E-state index in [1.54, 1.807) is 6.21 Å². The number of allylic oxidation sites excluding steroid dienone is 2. The Morgan fingerprint density at radius 1 is 1.04 bits per heavy atom. The monoisotopic (exact) mass is 370 g/mol. The minimum absolute atomic E-state index is 0.114. The van der Waals surface area contributed by atoms with Crippen molar-refractivity contribution >= 4 is 34.0 Å². The molecule has 1 saturated heterocycles. The summed E-state index contributed by atoms with van der Waals surface area (Å²) in [6.45, 7) is 0. The molecule has 5 heteroatoms. The molecule has 2 bridgehead atoms. The van der Waals surface area contributed by atoms with Crippen molar-refractivity contribution in [2.24, 2.45) is 34.2 Å². The highest BCUT2D eigenvalue weighted by Gasteiger charge is 2.73. The van der Waals surface area contributed by atoms with Gasteiger partial charge in [-0.15, -0.1) is 0 Å². The Balaban J connectivity index is 1.43.